The number of carbonyl (C=O) groups is 2. The van der Waals surface area contributed by atoms with E-state index in [9.17, 15) is 22.8 Å². The summed E-state index contributed by atoms with van der Waals surface area (Å²) in [6.07, 6.45) is -5.90. The van der Waals surface area contributed by atoms with Crippen LogP contribution in [0.25, 0.3) is 0 Å². The molecule has 0 aliphatic carbocycles. The van der Waals surface area contributed by atoms with E-state index in [1.165, 1.54) is 0 Å². The van der Waals surface area contributed by atoms with Gasteiger partial charge in [0.05, 0.1) is 12.5 Å². The molecule has 0 aromatic heterocycles. The fourth-order valence-electron chi connectivity index (χ4n) is 2.15. The van der Waals surface area contributed by atoms with Gasteiger partial charge in [-0.05, 0) is 5.41 Å². The minimum atomic E-state index is -4.33. The van der Waals surface area contributed by atoms with Crippen molar-refractivity contribution in [2.24, 2.45) is 5.41 Å². The molecule has 1 aliphatic rings. The summed E-state index contributed by atoms with van der Waals surface area (Å²) in [5.74, 6) is -0.723. The van der Waals surface area contributed by atoms with Gasteiger partial charge in [-0.25, -0.2) is 0 Å². The molecule has 7 heteroatoms. The lowest BCUT2D eigenvalue weighted by molar-refractivity contribution is -0.144. The van der Waals surface area contributed by atoms with Gasteiger partial charge in [0, 0.05) is 25.9 Å². The SMILES string of the molecule is CC(C)(C)CN1C[C@@H](NC(=O)CCC(F)(F)F)CC1=O. The van der Waals surface area contributed by atoms with Crippen LogP contribution in [0.4, 0.5) is 13.2 Å². The van der Waals surface area contributed by atoms with E-state index in [2.05, 4.69) is 5.32 Å². The zero-order valence-corrected chi connectivity index (χ0v) is 12.0. The highest BCUT2D eigenvalue weighted by Crippen LogP contribution is 2.22. The minimum absolute atomic E-state index is 0.0508. The van der Waals surface area contributed by atoms with Crippen LogP contribution >= 0.6 is 0 Å². The van der Waals surface area contributed by atoms with Crippen molar-refractivity contribution in [3.05, 3.63) is 0 Å². The number of nitrogens with zero attached hydrogens (tertiary/aromatic N) is 1. The monoisotopic (exact) mass is 294 g/mol. The standard InChI is InChI=1S/C13H21F3N2O2/c1-12(2,3)8-18-7-9(6-11(18)20)17-10(19)4-5-13(14,15)16/h9H,4-8H2,1-3H3,(H,17,19)/t9-/m0/s1. The zero-order valence-electron chi connectivity index (χ0n) is 12.0. The van der Waals surface area contributed by atoms with Gasteiger partial charge in [-0.1, -0.05) is 20.8 Å². The van der Waals surface area contributed by atoms with Crippen LogP contribution in [0.1, 0.15) is 40.0 Å². The normalized spacial score (nSPS) is 20.4. The number of alkyl halides is 3. The van der Waals surface area contributed by atoms with Crippen LogP contribution in [0.3, 0.4) is 0 Å². The summed E-state index contributed by atoms with van der Waals surface area (Å²) in [5.41, 5.74) is -0.0508. The summed E-state index contributed by atoms with van der Waals surface area (Å²) in [5, 5.41) is 2.50. The lowest BCUT2D eigenvalue weighted by Gasteiger charge is -2.26. The van der Waals surface area contributed by atoms with Crippen molar-refractivity contribution in [1.82, 2.24) is 10.2 Å². The zero-order chi connectivity index (χ0) is 15.6. The van der Waals surface area contributed by atoms with E-state index < -0.39 is 24.9 Å². The molecule has 0 saturated carbocycles. The highest BCUT2D eigenvalue weighted by atomic mass is 19.4. The van der Waals surface area contributed by atoms with Crippen molar-refractivity contribution in [2.75, 3.05) is 13.1 Å². The molecule has 20 heavy (non-hydrogen) atoms. The number of halogens is 3. The molecule has 0 bridgehead atoms. The average molecular weight is 294 g/mol. The Morgan fingerprint density at radius 2 is 1.95 bits per heavy atom. The Kier molecular flexibility index (Phi) is 5.05. The predicted octanol–water partition coefficient (Wildman–Crippen LogP) is 2.09. The molecule has 0 unspecified atom stereocenters. The molecule has 1 N–H and O–H groups in total. The van der Waals surface area contributed by atoms with Crippen LogP contribution in [-0.4, -0.2) is 42.0 Å². The van der Waals surface area contributed by atoms with Crippen molar-refractivity contribution in [3.8, 4) is 0 Å². The molecule has 4 nitrogen and oxygen atoms in total. The van der Waals surface area contributed by atoms with Crippen LogP contribution in [0.5, 0.6) is 0 Å². The van der Waals surface area contributed by atoms with E-state index in [-0.39, 0.29) is 23.8 Å². The van der Waals surface area contributed by atoms with E-state index in [0.717, 1.165) is 0 Å². The molecule has 2 amide bonds. The Hall–Kier alpha value is -1.27. The number of amides is 2. The largest absolute Gasteiger partial charge is 0.389 e. The highest BCUT2D eigenvalue weighted by Gasteiger charge is 2.33. The van der Waals surface area contributed by atoms with Crippen molar-refractivity contribution >= 4 is 11.8 Å². The predicted molar refractivity (Wildman–Crippen MR) is 67.9 cm³/mol. The second-order valence-corrected chi connectivity index (χ2v) is 6.42. The summed E-state index contributed by atoms with van der Waals surface area (Å²) < 4.78 is 36.0. The Labute approximate surface area is 116 Å². The molecule has 0 spiro atoms. The van der Waals surface area contributed by atoms with Crippen LogP contribution < -0.4 is 5.32 Å². The lowest BCUT2D eigenvalue weighted by Crippen LogP contribution is -2.39. The van der Waals surface area contributed by atoms with E-state index >= 15 is 0 Å². The fourth-order valence-corrected chi connectivity index (χ4v) is 2.15. The van der Waals surface area contributed by atoms with E-state index in [4.69, 9.17) is 0 Å². The number of carbonyl (C=O) groups excluding carboxylic acids is 2. The van der Waals surface area contributed by atoms with Crippen LogP contribution in [0, 0.1) is 5.41 Å². The third-order valence-corrected chi connectivity index (χ3v) is 2.88. The molecule has 1 fully saturated rings. The first-order chi connectivity index (χ1) is 8.96. The molecule has 0 aromatic rings. The maximum absolute atomic E-state index is 12.0. The maximum Gasteiger partial charge on any atom is 0.389 e. The van der Waals surface area contributed by atoms with Gasteiger partial charge in [-0.2, -0.15) is 13.2 Å². The van der Waals surface area contributed by atoms with Crippen molar-refractivity contribution in [2.45, 2.75) is 52.3 Å². The van der Waals surface area contributed by atoms with Gasteiger partial charge in [-0.3, -0.25) is 9.59 Å². The van der Waals surface area contributed by atoms with Gasteiger partial charge in [0.1, 0.15) is 0 Å². The topological polar surface area (TPSA) is 49.4 Å². The van der Waals surface area contributed by atoms with E-state index in [1.807, 2.05) is 20.8 Å². The number of hydrogen-bond donors (Lipinski definition) is 1. The number of rotatable bonds is 4. The van der Waals surface area contributed by atoms with Gasteiger partial charge >= 0.3 is 6.18 Å². The number of hydrogen-bond acceptors (Lipinski definition) is 2. The summed E-state index contributed by atoms with van der Waals surface area (Å²) in [4.78, 5) is 24.8. The first-order valence-corrected chi connectivity index (χ1v) is 6.60. The fraction of sp³-hybridized carbons (Fsp3) is 0.846. The van der Waals surface area contributed by atoms with Gasteiger partial charge in [-0.15, -0.1) is 0 Å². The Morgan fingerprint density at radius 1 is 1.35 bits per heavy atom. The molecule has 1 atom stereocenters. The van der Waals surface area contributed by atoms with Crippen molar-refractivity contribution in [1.29, 1.82) is 0 Å². The summed E-state index contributed by atoms with van der Waals surface area (Å²) in [6.45, 7) is 6.93. The molecule has 0 aromatic carbocycles. The van der Waals surface area contributed by atoms with Gasteiger partial charge in [0.15, 0.2) is 0 Å². The first-order valence-electron chi connectivity index (χ1n) is 6.60. The Bertz CT molecular complexity index is 375. The molecule has 1 saturated heterocycles. The maximum atomic E-state index is 12.0. The highest BCUT2D eigenvalue weighted by molar-refractivity contribution is 5.82. The Morgan fingerprint density at radius 3 is 2.45 bits per heavy atom. The lowest BCUT2D eigenvalue weighted by atomic mass is 9.96. The first kappa shape index (κ1) is 16.8. The smallest absolute Gasteiger partial charge is 0.351 e. The second kappa shape index (κ2) is 6.01. The summed E-state index contributed by atoms with van der Waals surface area (Å²) >= 11 is 0. The third kappa shape index (κ3) is 6.25. The molecule has 0 radical (unpaired) electrons. The van der Waals surface area contributed by atoms with E-state index in [0.29, 0.717) is 13.1 Å². The van der Waals surface area contributed by atoms with Crippen LogP contribution in [-0.2, 0) is 9.59 Å². The van der Waals surface area contributed by atoms with Gasteiger partial charge < -0.3 is 10.2 Å². The third-order valence-electron chi connectivity index (χ3n) is 2.88. The van der Waals surface area contributed by atoms with Crippen LogP contribution in [0.2, 0.25) is 0 Å². The average Bonchev–Trinajstić information content (AvgIpc) is 2.52. The Balaban J connectivity index is 2.40. The van der Waals surface area contributed by atoms with Crippen LogP contribution in [0.15, 0.2) is 0 Å². The number of nitrogens with one attached hydrogen (secondary N) is 1. The van der Waals surface area contributed by atoms with Crippen molar-refractivity contribution in [3.63, 3.8) is 0 Å². The molecular weight excluding hydrogens is 273 g/mol. The van der Waals surface area contributed by atoms with E-state index in [1.54, 1.807) is 4.90 Å². The molecule has 1 aliphatic heterocycles. The minimum Gasteiger partial charge on any atom is -0.351 e. The van der Waals surface area contributed by atoms with Crippen molar-refractivity contribution < 1.29 is 22.8 Å². The quantitative estimate of drug-likeness (QED) is 0.863. The second-order valence-electron chi connectivity index (χ2n) is 6.42. The molecule has 1 rings (SSSR count). The molecule has 1 heterocycles. The summed E-state index contributed by atoms with van der Waals surface area (Å²) in [6, 6.07) is -0.384. The number of likely N-dealkylation sites (tertiary alicyclic amines) is 1. The summed E-state index contributed by atoms with van der Waals surface area (Å²) in [7, 11) is 0. The van der Waals surface area contributed by atoms with Gasteiger partial charge in [0.2, 0.25) is 11.8 Å². The molecule has 116 valence electrons. The molecular formula is C13H21F3N2O2. The van der Waals surface area contributed by atoms with Gasteiger partial charge in [0.25, 0.3) is 0 Å².